The number of nitrogens with zero attached hydrogens (tertiary/aromatic N) is 1. The van der Waals surface area contributed by atoms with Crippen molar-refractivity contribution >= 4 is 23.9 Å². The molecule has 0 radical (unpaired) electrons. The molecule has 0 unspecified atom stereocenters. The Hall–Kier alpha value is -2.63. The number of imide groups is 2. The van der Waals surface area contributed by atoms with Gasteiger partial charge in [0.15, 0.2) is 0 Å². The highest BCUT2D eigenvalue weighted by atomic mass is 16.5. The van der Waals surface area contributed by atoms with Crippen molar-refractivity contribution in [3.8, 4) is 5.75 Å². The number of barbiturate groups is 1. The zero-order valence-corrected chi connectivity index (χ0v) is 11.2. The van der Waals surface area contributed by atoms with E-state index in [4.69, 9.17) is 4.74 Å². The number of ether oxygens (including phenoxy) is 1. The molecule has 4 amide bonds. The van der Waals surface area contributed by atoms with E-state index in [1.807, 2.05) is 6.92 Å². The number of hydrogen-bond donors (Lipinski definition) is 1. The number of benzene rings is 1. The van der Waals surface area contributed by atoms with Gasteiger partial charge in [-0.2, -0.15) is 0 Å². The minimum atomic E-state index is -0.719. The molecule has 0 saturated carbocycles. The molecule has 1 N–H and O–H groups in total. The van der Waals surface area contributed by atoms with E-state index < -0.39 is 17.8 Å². The van der Waals surface area contributed by atoms with Crippen LogP contribution in [0.5, 0.6) is 5.75 Å². The Morgan fingerprint density at radius 3 is 2.45 bits per heavy atom. The molecule has 0 atom stereocenters. The summed E-state index contributed by atoms with van der Waals surface area (Å²) in [5, 5.41) is 2.10. The van der Waals surface area contributed by atoms with Crippen LogP contribution in [0.15, 0.2) is 29.8 Å². The van der Waals surface area contributed by atoms with Crippen molar-refractivity contribution in [1.29, 1.82) is 0 Å². The van der Waals surface area contributed by atoms with Gasteiger partial charge < -0.3 is 4.74 Å². The number of amides is 4. The average Bonchev–Trinajstić information content (AvgIpc) is 2.43. The zero-order chi connectivity index (χ0) is 14.7. The van der Waals surface area contributed by atoms with Crippen LogP contribution in [0.3, 0.4) is 0 Å². The Balaban J connectivity index is 2.27. The van der Waals surface area contributed by atoms with E-state index in [9.17, 15) is 14.4 Å². The maximum Gasteiger partial charge on any atom is 0.331 e. The molecule has 0 aromatic heterocycles. The van der Waals surface area contributed by atoms with E-state index in [-0.39, 0.29) is 5.57 Å². The summed E-state index contributed by atoms with van der Waals surface area (Å²) in [5.74, 6) is -0.596. The van der Waals surface area contributed by atoms with Gasteiger partial charge in [-0.3, -0.25) is 19.8 Å². The summed E-state index contributed by atoms with van der Waals surface area (Å²) in [7, 11) is 1.32. The number of carbonyl (C=O) groups is 3. The van der Waals surface area contributed by atoms with Crippen LogP contribution in [-0.4, -0.2) is 36.4 Å². The highest BCUT2D eigenvalue weighted by molar-refractivity contribution is 6.30. The molecule has 2 rings (SSSR count). The summed E-state index contributed by atoms with van der Waals surface area (Å²) in [6.45, 7) is 2.45. The third-order valence-corrected chi connectivity index (χ3v) is 2.81. The van der Waals surface area contributed by atoms with Gasteiger partial charge in [0.05, 0.1) is 6.61 Å². The van der Waals surface area contributed by atoms with Crippen molar-refractivity contribution in [3.63, 3.8) is 0 Å². The summed E-state index contributed by atoms with van der Waals surface area (Å²) in [5.41, 5.74) is 0.603. The third-order valence-electron chi connectivity index (χ3n) is 2.81. The van der Waals surface area contributed by atoms with Gasteiger partial charge in [-0.25, -0.2) is 4.79 Å². The first-order chi connectivity index (χ1) is 9.52. The van der Waals surface area contributed by atoms with Crippen LogP contribution in [0, 0.1) is 0 Å². The molecule has 1 aliphatic heterocycles. The first-order valence-corrected chi connectivity index (χ1v) is 6.11. The first kappa shape index (κ1) is 13.8. The molecule has 6 heteroatoms. The molecule has 1 aliphatic rings. The summed E-state index contributed by atoms with van der Waals surface area (Å²) in [6.07, 6.45) is 1.44. The number of rotatable bonds is 3. The molecule has 0 bridgehead atoms. The highest BCUT2D eigenvalue weighted by Crippen LogP contribution is 2.16. The molecule has 1 aromatic rings. The SMILES string of the molecule is CCOc1ccc(/C=C2\C(=O)NC(=O)N(C)C2=O)cc1. The van der Waals surface area contributed by atoms with E-state index >= 15 is 0 Å². The van der Waals surface area contributed by atoms with E-state index in [0.29, 0.717) is 17.9 Å². The van der Waals surface area contributed by atoms with Crippen molar-refractivity contribution in [3.05, 3.63) is 35.4 Å². The largest absolute Gasteiger partial charge is 0.494 e. The fourth-order valence-electron chi connectivity index (χ4n) is 1.74. The van der Waals surface area contributed by atoms with Crippen LogP contribution in [0.25, 0.3) is 6.08 Å². The summed E-state index contributed by atoms with van der Waals surface area (Å²) < 4.78 is 5.30. The summed E-state index contributed by atoms with van der Waals surface area (Å²) >= 11 is 0. The van der Waals surface area contributed by atoms with Gasteiger partial charge in [0, 0.05) is 7.05 Å². The molecular formula is C14H14N2O4. The molecule has 0 spiro atoms. The predicted molar refractivity (Wildman–Crippen MR) is 71.9 cm³/mol. The van der Waals surface area contributed by atoms with E-state index in [1.165, 1.54) is 13.1 Å². The number of carbonyl (C=O) groups excluding carboxylic acids is 3. The van der Waals surface area contributed by atoms with Gasteiger partial charge in [0.2, 0.25) is 0 Å². The molecule has 1 saturated heterocycles. The molecule has 6 nitrogen and oxygen atoms in total. The number of nitrogens with one attached hydrogen (secondary N) is 1. The van der Waals surface area contributed by atoms with E-state index in [2.05, 4.69) is 5.32 Å². The lowest BCUT2D eigenvalue weighted by atomic mass is 10.1. The minimum absolute atomic E-state index is 0.0729. The summed E-state index contributed by atoms with van der Waals surface area (Å²) in [6, 6.07) is 6.24. The maximum absolute atomic E-state index is 11.9. The fourth-order valence-corrected chi connectivity index (χ4v) is 1.74. The van der Waals surface area contributed by atoms with E-state index in [1.54, 1.807) is 24.3 Å². The zero-order valence-electron chi connectivity index (χ0n) is 11.2. The predicted octanol–water partition coefficient (Wildman–Crippen LogP) is 1.18. The standard InChI is InChI=1S/C14H14N2O4/c1-3-20-10-6-4-9(5-7-10)8-11-12(17)15-14(19)16(2)13(11)18/h4-8H,3H2,1-2H3,(H,15,17,19)/b11-8+. The molecule has 1 aromatic carbocycles. The van der Waals surface area contributed by atoms with Crippen molar-refractivity contribution < 1.29 is 19.1 Å². The topological polar surface area (TPSA) is 75.7 Å². The van der Waals surface area contributed by atoms with Crippen LogP contribution in [-0.2, 0) is 9.59 Å². The Morgan fingerprint density at radius 1 is 1.20 bits per heavy atom. The second kappa shape index (κ2) is 5.56. The van der Waals surface area contributed by atoms with Crippen molar-refractivity contribution in [2.24, 2.45) is 0 Å². The van der Waals surface area contributed by atoms with Crippen LogP contribution < -0.4 is 10.1 Å². The Morgan fingerprint density at radius 2 is 1.85 bits per heavy atom. The molecule has 104 valence electrons. The monoisotopic (exact) mass is 274 g/mol. The molecule has 1 heterocycles. The second-order valence-corrected chi connectivity index (χ2v) is 4.18. The van der Waals surface area contributed by atoms with E-state index in [0.717, 1.165) is 4.90 Å². The van der Waals surface area contributed by atoms with Gasteiger partial charge in [-0.15, -0.1) is 0 Å². The van der Waals surface area contributed by atoms with Gasteiger partial charge in [-0.1, -0.05) is 12.1 Å². The number of likely N-dealkylation sites (N-methyl/N-ethyl adjacent to an activating group) is 1. The maximum atomic E-state index is 11.9. The highest BCUT2D eigenvalue weighted by Gasteiger charge is 2.32. The third kappa shape index (κ3) is 2.69. The van der Waals surface area contributed by atoms with Gasteiger partial charge >= 0.3 is 6.03 Å². The van der Waals surface area contributed by atoms with Crippen LogP contribution in [0.4, 0.5) is 4.79 Å². The summed E-state index contributed by atoms with van der Waals surface area (Å²) in [4.78, 5) is 35.7. The van der Waals surface area contributed by atoms with Gasteiger partial charge in [-0.05, 0) is 30.7 Å². The van der Waals surface area contributed by atoms with Crippen molar-refractivity contribution in [1.82, 2.24) is 10.2 Å². The van der Waals surface area contributed by atoms with Crippen molar-refractivity contribution in [2.75, 3.05) is 13.7 Å². The lowest BCUT2D eigenvalue weighted by Gasteiger charge is -2.22. The van der Waals surface area contributed by atoms with Gasteiger partial charge in [0.25, 0.3) is 11.8 Å². The Kier molecular flexibility index (Phi) is 3.84. The molecule has 1 fully saturated rings. The number of hydrogen-bond acceptors (Lipinski definition) is 4. The Bertz CT molecular complexity index is 590. The fraction of sp³-hybridized carbons (Fsp3) is 0.214. The molecular weight excluding hydrogens is 260 g/mol. The molecule has 0 aliphatic carbocycles. The average molecular weight is 274 g/mol. The second-order valence-electron chi connectivity index (χ2n) is 4.18. The molecule has 20 heavy (non-hydrogen) atoms. The van der Waals surface area contributed by atoms with Crippen LogP contribution in [0.2, 0.25) is 0 Å². The first-order valence-electron chi connectivity index (χ1n) is 6.11. The Labute approximate surface area is 116 Å². The normalized spacial score (nSPS) is 17.4. The lowest BCUT2D eigenvalue weighted by molar-refractivity contribution is -0.129. The van der Waals surface area contributed by atoms with Crippen LogP contribution in [0.1, 0.15) is 12.5 Å². The minimum Gasteiger partial charge on any atom is -0.494 e. The van der Waals surface area contributed by atoms with Crippen molar-refractivity contribution in [2.45, 2.75) is 6.92 Å². The van der Waals surface area contributed by atoms with Crippen LogP contribution >= 0.6 is 0 Å². The number of urea groups is 1. The quantitative estimate of drug-likeness (QED) is 0.663. The van der Waals surface area contributed by atoms with Gasteiger partial charge in [0.1, 0.15) is 11.3 Å². The lowest BCUT2D eigenvalue weighted by Crippen LogP contribution is -2.52. The smallest absolute Gasteiger partial charge is 0.331 e.